The van der Waals surface area contributed by atoms with E-state index in [4.69, 9.17) is 0 Å². The van der Waals surface area contributed by atoms with E-state index in [1.54, 1.807) is 0 Å². The van der Waals surface area contributed by atoms with Gasteiger partial charge in [-0.3, -0.25) is 0 Å². The highest BCUT2D eigenvalue weighted by molar-refractivity contribution is 5.55. The van der Waals surface area contributed by atoms with Crippen LogP contribution in [0.4, 0.5) is 5.69 Å². The second-order valence-corrected chi connectivity index (χ2v) is 5.98. The molecule has 2 aliphatic rings. The molecule has 0 saturated heterocycles. The molecule has 0 amide bonds. The van der Waals surface area contributed by atoms with Crippen molar-refractivity contribution in [1.82, 2.24) is 5.32 Å². The summed E-state index contributed by atoms with van der Waals surface area (Å²) in [5.74, 6) is 0. The summed E-state index contributed by atoms with van der Waals surface area (Å²) in [5.41, 5.74) is 4.27. The van der Waals surface area contributed by atoms with Crippen LogP contribution in [-0.4, -0.2) is 19.1 Å². The SMILES string of the molecule is Cc1ccc(N(C)C2CCC2)c(CNC2CC2)c1. The Labute approximate surface area is 110 Å². The number of nitrogens with zero attached hydrogens (tertiary/aromatic N) is 1. The summed E-state index contributed by atoms with van der Waals surface area (Å²) in [6.07, 6.45) is 6.84. The zero-order valence-electron chi connectivity index (χ0n) is 11.6. The summed E-state index contributed by atoms with van der Waals surface area (Å²) in [6.45, 7) is 3.21. The molecule has 2 saturated carbocycles. The molecule has 1 aromatic rings. The summed E-state index contributed by atoms with van der Waals surface area (Å²) in [5, 5.41) is 3.64. The molecule has 3 rings (SSSR count). The van der Waals surface area contributed by atoms with Crippen molar-refractivity contribution < 1.29 is 0 Å². The summed E-state index contributed by atoms with van der Waals surface area (Å²) in [6, 6.07) is 8.45. The molecule has 0 bridgehead atoms. The van der Waals surface area contributed by atoms with Crippen LogP contribution >= 0.6 is 0 Å². The van der Waals surface area contributed by atoms with Crippen molar-refractivity contribution in [3.05, 3.63) is 29.3 Å². The second kappa shape index (κ2) is 4.93. The Balaban J connectivity index is 1.76. The highest BCUT2D eigenvalue weighted by atomic mass is 15.1. The van der Waals surface area contributed by atoms with Crippen molar-refractivity contribution in [2.45, 2.75) is 57.7 Å². The largest absolute Gasteiger partial charge is 0.371 e. The van der Waals surface area contributed by atoms with Gasteiger partial charge in [0, 0.05) is 31.4 Å². The van der Waals surface area contributed by atoms with Gasteiger partial charge in [0.05, 0.1) is 0 Å². The third-order valence-corrected chi connectivity index (χ3v) is 4.40. The van der Waals surface area contributed by atoms with Crippen molar-refractivity contribution >= 4 is 5.69 Å². The summed E-state index contributed by atoms with van der Waals surface area (Å²) in [7, 11) is 2.26. The van der Waals surface area contributed by atoms with Crippen LogP contribution in [0, 0.1) is 6.92 Å². The number of hydrogen-bond acceptors (Lipinski definition) is 2. The average molecular weight is 244 g/mol. The first kappa shape index (κ1) is 12.0. The van der Waals surface area contributed by atoms with Crippen molar-refractivity contribution in [2.75, 3.05) is 11.9 Å². The fourth-order valence-electron chi connectivity index (χ4n) is 2.71. The van der Waals surface area contributed by atoms with E-state index in [2.05, 4.69) is 42.4 Å². The Hall–Kier alpha value is -1.02. The zero-order valence-corrected chi connectivity index (χ0v) is 11.6. The lowest BCUT2D eigenvalue weighted by atomic mass is 9.91. The Bertz CT molecular complexity index is 419. The molecule has 0 aromatic heterocycles. The van der Waals surface area contributed by atoms with Gasteiger partial charge in [0.25, 0.3) is 0 Å². The van der Waals surface area contributed by atoms with Crippen LogP contribution in [0.25, 0.3) is 0 Å². The number of hydrogen-bond donors (Lipinski definition) is 1. The third-order valence-electron chi connectivity index (χ3n) is 4.40. The van der Waals surface area contributed by atoms with Crippen molar-refractivity contribution in [3.63, 3.8) is 0 Å². The van der Waals surface area contributed by atoms with E-state index >= 15 is 0 Å². The Morgan fingerprint density at radius 1 is 1.22 bits per heavy atom. The van der Waals surface area contributed by atoms with Gasteiger partial charge in [0.2, 0.25) is 0 Å². The van der Waals surface area contributed by atoms with Gasteiger partial charge in [-0.05, 0) is 50.7 Å². The number of aryl methyl sites for hydroxylation is 1. The summed E-state index contributed by atoms with van der Waals surface area (Å²) in [4.78, 5) is 2.49. The molecule has 2 fully saturated rings. The van der Waals surface area contributed by atoms with Gasteiger partial charge in [-0.15, -0.1) is 0 Å². The molecular weight excluding hydrogens is 220 g/mol. The molecule has 0 atom stereocenters. The summed E-state index contributed by atoms with van der Waals surface area (Å²) < 4.78 is 0. The molecular formula is C16H24N2. The molecule has 98 valence electrons. The minimum Gasteiger partial charge on any atom is -0.371 e. The standard InChI is InChI=1S/C16H24N2/c1-12-6-9-16(18(2)15-4-3-5-15)13(10-12)11-17-14-7-8-14/h6,9-10,14-15,17H,3-5,7-8,11H2,1-2H3. The minimum absolute atomic E-state index is 0.771. The first-order valence-corrected chi connectivity index (χ1v) is 7.30. The van der Waals surface area contributed by atoms with Crippen molar-refractivity contribution in [3.8, 4) is 0 Å². The number of rotatable bonds is 5. The Kier molecular flexibility index (Phi) is 3.29. The first-order valence-electron chi connectivity index (χ1n) is 7.30. The molecule has 0 aliphatic heterocycles. The quantitative estimate of drug-likeness (QED) is 0.855. The van der Waals surface area contributed by atoms with E-state index < -0.39 is 0 Å². The lowest BCUT2D eigenvalue weighted by Crippen LogP contribution is -2.38. The molecule has 0 radical (unpaired) electrons. The van der Waals surface area contributed by atoms with E-state index in [9.17, 15) is 0 Å². The second-order valence-electron chi connectivity index (χ2n) is 5.98. The van der Waals surface area contributed by atoms with Crippen LogP contribution < -0.4 is 10.2 Å². The number of benzene rings is 1. The first-order chi connectivity index (χ1) is 8.74. The van der Waals surface area contributed by atoms with E-state index in [0.717, 1.165) is 18.6 Å². The van der Waals surface area contributed by atoms with Crippen LogP contribution in [0.15, 0.2) is 18.2 Å². The predicted octanol–water partition coefficient (Wildman–Crippen LogP) is 3.24. The van der Waals surface area contributed by atoms with Crippen LogP contribution in [0.2, 0.25) is 0 Å². The molecule has 0 unspecified atom stereocenters. The van der Waals surface area contributed by atoms with Crippen LogP contribution in [0.3, 0.4) is 0 Å². The molecule has 0 heterocycles. The average Bonchev–Trinajstić information content (AvgIpc) is 3.07. The van der Waals surface area contributed by atoms with Crippen molar-refractivity contribution in [2.24, 2.45) is 0 Å². The fourth-order valence-corrected chi connectivity index (χ4v) is 2.71. The van der Waals surface area contributed by atoms with Crippen LogP contribution in [-0.2, 0) is 6.54 Å². The summed E-state index contributed by atoms with van der Waals surface area (Å²) >= 11 is 0. The van der Waals surface area contributed by atoms with Gasteiger partial charge in [-0.2, -0.15) is 0 Å². The zero-order chi connectivity index (χ0) is 12.5. The number of anilines is 1. The van der Waals surface area contributed by atoms with Gasteiger partial charge in [-0.1, -0.05) is 17.7 Å². The maximum absolute atomic E-state index is 3.64. The van der Waals surface area contributed by atoms with Gasteiger partial charge in [0.1, 0.15) is 0 Å². The lowest BCUT2D eigenvalue weighted by Gasteiger charge is -2.37. The predicted molar refractivity (Wildman–Crippen MR) is 77.1 cm³/mol. The van der Waals surface area contributed by atoms with Gasteiger partial charge in [0.15, 0.2) is 0 Å². The minimum atomic E-state index is 0.771. The van der Waals surface area contributed by atoms with Crippen molar-refractivity contribution in [1.29, 1.82) is 0 Å². The number of nitrogens with one attached hydrogen (secondary N) is 1. The van der Waals surface area contributed by atoms with E-state index in [0.29, 0.717) is 0 Å². The third kappa shape index (κ3) is 2.54. The van der Waals surface area contributed by atoms with Gasteiger partial charge >= 0.3 is 0 Å². The molecule has 2 aliphatic carbocycles. The molecule has 2 heteroatoms. The normalized spacial score (nSPS) is 19.7. The highest BCUT2D eigenvalue weighted by Gasteiger charge is 2.25. The smallest absolute Gasteiger partial charge is 0.0411 e. The molecule has 18 heavy (non-hydrogen) atoms. The Morgan fingerprint density at radius 3 is 2.61 bits per heavy atom. The van der Waals surface area contributed by atoms with E-state index in [1.165, 1.54) is 48.9 Å². The highest BCUT2D eigenvalue weighted by Crippen LogP contribution is 2.31. The molecule has 2 nitrogen and oxygen atoms in total. The van der Waals surface area contributed by atoms with E-state index in [-0.39, 0.29) is 0 Å². The van der Waals surface area contributed by atoms with E-state index in [1.807, 2.05) is 0 Å². The topological polar surface area (TPSA) is 15.3 Å². The van der Waals surface area contributed by atoms with Gasteiger partial charge in [-0.25, -0.2) is 0 Å². The maximum atomic E-state index is 3.64. The van der Waals surface area contributed by atoms with Gasteiger partial charge < -0.3 is 10.2 Å². The Morgan fingerprint density at radius 2 is 2.00 bits per heavy atom. The molecule has 0 spiro atoms. The molecule has 1 N–H and O–H groups in total. The lowest BCUT2D eigenvalue weighted by molar-refractivity contribution is 0.400. The van der Waals surface area contributed by atoms with Crippen LogP contribution in [0.1, 0.15) is 43.2 Å². The molecule has 1 aromatic carbocycles. The fraction of sp³-hybridized carbons (Fsp3) is 0.625. The van der Waals surface area contributed by atoms with Crippen LogP contribution in [0.5, 0.6) is 0 Å². The monoisotopic (exact) mass is 244 g/mol. The maximum Gasteiger partial charge on any atom is 0.0411 e.